The molecule has 0 saturated carbocycles. The number of benzene rings is 2. The molecule has 1 unspecified atom stereocenters. The van der Waals surface area contributed by atoms with E-state index in [9.17, 15) is 0 Å². The van der Waals surface area contributed by atoms with Crippen molar-refractivity contribution >= 4 is 0 Å². The normalized spacial score (nSPS) is 18.7. The molecule has 1 heterocycles. The van der Waals surface area contributed by atoms with Crippen molar-refractivity contribution in [1.29, 1.82) is 0 Å². The minimum Gasteiger partial charge on any atom is -0.295 e. The maximum absolute atomic E-state index is 2.71. The zero-order chi connectivity index (χ0) is 16.3. The van der Waals surface area contributed by atoms with Gasteiger partial charge >= 0.3 is 0 Å². The molecule has 2 aromatic carbocycles. The van der Waals surface area contributed by atoms with E-state index in [0.717, 1.165) is 13.0 Å². The van der Waals surface area contributed by atoms with Crippen molar-refractivity contribution < 1.29 is 0 Å². The first-order chi connectivity index (χ1) is 11.0. The summed E-state index contributed by atoms with van der Waals surface area (Å²) in [5, 5.41) is 0. The Bertz CT molecular complexity index is 624. The third kappa shape index (κ3) is 4.45. The average molecular weight is 307 g/mol. The molecular weight excluding hydrogens is 278 g/mol. The second-order valence-electron chi connectivity index (χ2n) is 8.10. The molecule has 0 amide bonds. The largest absolute Gasteiger partial charge is 0.295 e. The molecular formula is C22H29N. The van der Waals surface area contributed by atoms with Gasteiger partial charge in [0.1, 0.15) is 0 Å². The summed E-state index contributed by atoms with van der Waals surface area (Å²) in [5.41, 5.74) is 4.91. The van der Waals surface area contributed by atoms with Crippen LogP contribution in [0.25, 0.3) is 0 Å². The first kappa shape index (κ1) is 16.3. The second kappa shape index (κ2) is 6.88. The predicted molar refractivity (Wildman–Crippen MR) is 98.6 cm³/mol. The topological polar surface area (TPSA) is 3.24 Å². The van der Waals surface area contributed by atoms with Gasteiger partial charge in [0.2, 0.25) is 0 Å². The van der Waals surface area contributed by atoms with Crippen molar-refractivity contribution in [3.63, 3.8) is 0 Å². The van der Waals surface area contributed by atoms with Crippen LogP contribution < -0.4 is 0 Å². The highest BCUT2D eigenvalue weighted by Gasteiger charge is 2.26. The van der Waals surface area contributed by atoms with Crippen LogP contribution in [0.3, 0.4) is 0 Å². The lowest BCUT2D eigenvalue weighted by Gasteiger charge is -2.38. The maximum atomic E-state index is 2.71. The van der Waals surface area contributed by atoms with Crippen molar-refractivity contribution in [3.05, 3.63) is 71.3 Å². The molecule has 1 heteroatoms. The number of hydrogen-bond donors (Lipinski definition) is 0. The number of nitrogens with zero attached hydrogens (tertiary/aromatic N) is 1. The van der Waals surface area contributed by atoms with E-state index in [2.05, 4.69) is 80.3 Å². The quantitative estimate of drug-likeness (QED) is 0.760. The van der Waals surface area contributed by atoms with E-state index >= 15 is 0 Å². The first-order valence-electron chi connectivity index (χ1n) is 8.86. The lowest BCUT2D eigenvalue weighted by atomic mass is 9.88. The smallest absolute Gasteiger partial charge is 0.0239 e. The molecule has 1 aliphatic rings. The van der Waals surface area contributed by atoms with Gasteiger partial charge in [0, 0.05) is 12.6 Å². The summed E-state index contributed by atoms with van der Waals surface area (Å²) in [5.74, 6) is 0. The van der Waals surface area contributed by atoms with Crippen LogP contribution in [0.4, 0.5) is 0 Å². The zero-order valence-electron chi connectivity index (χ0n) is 14.8. The second-order valence-corrected chi connectivity index (χ2v) is 8.10. The highest BCUT2D eigenvalue weighted by molar-refractivity contribution is 5.31. The van der Waals surface area contributed by atoms with Gasteiger partial charge in [0.25, 0.3) is 0 Å². The number of rotatable bonds is 4. The van der Waals surface area contributed by atoms with Gasteiger partial charge in [-0.15, -0.1) is 0 Å². The molecule has 0 aromatic heterocycles. The first-order valence-corrected chi connectivity index (χ1v) is 8.86. The lowest BCUT2D eigenvalue weighted by molar-refractivity contribution is 0.147. The fourth-order valence-electron chi connectivity index (χ4n) is 3.47. The van der Waals surface area contributed by atoms with Crippen molar-refractivity contribution in [2.24, 2.45) is 5.41 Å². The molecule has 0 saturated heterocycles. The summed E-state index contributed by atoms with van der Waals surface area (Å²) in [6.45, 7) is 9.32. The molecule has 1 aliphatic heterocycles. The molecule has 1 nitrogen and oxygen atoms in total. The van der Waals surface area contributed by atoms with Gasteiger partial charge in [0.05, 0.1) is 0 Å². The summed E-state index contributed by atoms with van der Waals surface area (Å²) in [6.07, 6.45) is 3.58. The average Bonchev–Trinajstić information content (AvgIpc) is 2.53. The maximum Gasteiger partial charge on any atom is 0.0239 e. The van der Waals surface area contributed by atoms with Crippen molar-refractivity contribution in [2.75, 3.05) is 6.54 Å². The Morgan fingerprint density at radius 1 is 0.913 bits per heavy atom. The van der Waals surface area contributed by atoms with Crippen LogP contribution in [0.2, 0.25) is 0 Å². The number of fused-ring (bicyclic) bond motifs is 1. The Morgan fingerprint density at radius 3 is 2.26 bits per heavy atom. The number of hydrogen-bond acceptors (Lipinski definition) is 1. The Kier molecular flexibility index (Phi) is 4.87. The molecule has 0 aliphatic carbocycles. The highest BCUT2D eigenvalue weighted by atomic mass is 15.2. The van der Waals surface area contributed by atoms with Crippen LogP contribution in [0.5, 0.6) is 0 Å². The van der Waals surface area contributed by atoms with Crippen LogP contribution in [0.15, 0.2) is 54.6 Å². The van der Waals surface area contributed by atoms with E-state index in [1.165, 1.54) is 30.5 Å². The van der Waals surface area contributed by atoms with Crippen molar-refractivity contribution in [2.45, 2.75) is 52.6 Å². The molecule has 0 fully saturated rings. The molecule has 0 radical (unpaired) electrons. The van der Waals surface area contributed by atoms with Gasteiger partial charge in [-0.3, -0.25) is 4.90 Å². The van der Waals surface area contributed by atoms with E-state index in [0.29, 0.717) is 11.5 Å². The van der Waals surface area contributed by atoms with Gasteiger partial charge in [-0.2, -0.15) is 0 Å². The zero-order valence-corrected chi connectivity index (χ0v) is 14.8. The van der Waals surface area contributed by atoms with Crippen molar-refractivity contribution in [1.82, 2.24) is 4.90 Å². The van der Waals surface area contributed by atoms with Gasteiger partial charge in [-0.25, -0.2) is 0 Å². The van der Waals surface area contributed by atoms with E-state index in [1.54, 1.807) is 5.56 Å². The summed E-state index contributed by atoms with van der Waals surface area (Å²) >= 11 is 0. The molecule has 3 rings (SSSR count). The van der Waals surface area contributed by atoms with E-state index in [4.69, 9.17) is 0 Å². The highest BCUT2D eigenvalue weighted by Crippen LogP contribution is 2.28. The van der Waals surface area contributed by atoms with Crippen LogP contribution in [0.1, 0.15) is 43.9 Å². The van der Waals surface area contributed by atoms with Crippen LogP contribution in [-0.4, -0.2) is 17.5 Å². The molecule has 0 bridgehead atoms. The van der Waals surface area contributed by atoms with Crippen LogP contribution in [0, 0.1) is 5.41 Å². The standard InChI is InChI=1S/C22H29N/c1-22(2,3)13-14-23-17-20-12-8-7-11-19(20)16-21(23)15-18-9-5-4-6-10-18/h4-12,21H,13-17H2,1-3H3. The molecule has 0 spiro atoms. The molecule has 1 atom stereocenters. The Balaban J connectivity index is 1.78. The Morgan fingerprint density at radius 2 is 1.57 bits per heavy atom. The Labute approximate surface area is 141 Å². The fourth-order valence-corrected chi connectivity index (χ4v) is 3.47. The third-order valence-electron chi connectivity index (χ3n) is 4.93. The summed E-state index contributed by atoms with van der Waals surface area (Å²) in [4.78, 5) is 2.71. The van der Waals surface area contributed by atoms with E-state index < -0.39 is 0 Å². The van der Waals surface area contributed by atoms with Gasteiger partial charge in [0.15, 0.2) is 0 Å². The van der Waals surface area contributed by atoms with Gasteiger partial charge in [-0.1, -0.05) is 75.4 Å². The molecule has 23 heavy (non-hydrogen) atoms. The lowest BCUT2D eigenvalue weighted by Crippen LogP contribution is -2.43. The SMILES string of the molecule is CC(C)(C)CCN1Cc2ccccc2CC1Cc1ccccc1. The van der Waals surface area contributed by atoms with E-state index in [1.807, 2.05) is 0 Å². The van der Waals surface area contributed by atoms with E-state index in [-0.39, 0.29) is 0 Å². The van der Waals surface area contributed by atoms with Crippen LogP contribution >= 0.6 is 0 Å². The van der Waals surface area contributed by atoms with Crippen molar-refractivity contribution in [3.8, 4) is 0 Å². The van der Waals surface area contributed by atoms with Gasteiger partial charge < -0.3 is 0 Å². The monoisotopic (exact) mass is 307 g/mol. The third-order valence-corrected chi connectivity index (χ3v) is 4.93. The predicted octanol–water partition coefficient (Wildman–Crippen LogP) is 5.09. The molecule has 2 aromatic rings. The minimum atomic E-state index is 0.397. The van der Waals surface area contributed by atoms with Gasteiger partial charge in [-0.05, 0) is 47.9 Å². The summed E-state index contributed by atoms with van der Waals surface area (Å²) < 4.78 is 0. The van der Waals surface area contributed by atoms with Crippen LogP contribution in [-0.2, 0) is 19.4 Å². The Hall–Kier alpha value is -1.60. The summed E-state index contributed by atoms with van der Waals surface area (Å²) in [7, 11) is 0. The fraction of sp³-hybridized carbons (Fsp3) is 0.455. The minimum absolute atomic E-state index is 0.397. The molecule has 122 valence electrons. The summed E-state index contributed by atoms with van der Waals surface area (Å²) in [6, 6.07) is 20.6. The molecule has 0 N–H and O–H groups in total.